The average Bonchev–Trinajstić information content (AvgIpc) is 3.64. The number of aromatic nitrogens is 6. The van der Waals surface area contributed by atoms with E-state index in [1.54, 1.807) is 18.6 Å². The van der Waals surface area contributed by atoms with Gasteiger partial charge in [0.25, 0.3) is 0 Å². The first kappa shape index (κ1) is 16.8. The highest BCUT2D eigenvalue weighted by Crippen LogP contribution is 2.44. The average molecular weight is 388 g/mol. The van der Waals surface area contributed by atoms with Crippen molar-refractivity contribution in [2.45, 2.75) is 51.1 Å². The molecule has 2 aliphatic carbocycles. The van der Waals surface area contributed by atoms with E-state index < -0.39 is 0 Å². The van der Waals surface area contributed by atoms with Gasteiger partial charge in [-0.25, -0.2) is 19.3 Å². The smallest absolute Gasteiger partial charge is 0.160 e. The first-order chi connectivity index (χ1) is 14.2. The maximum atomic E-state index is 14.3. The zero-order valence-electron chi connectivity index (χ0n) is 16.2. The SMILES string of the molecule is Cc1nc2ccc(Cn3cnc(-c4ncccc4F)c3C3CC3)nc2n1C1CC1. The lowest BCUT2D eigenvalue weighted by molar-refractivity contribution is 0.624. The molecule has 0 radical (unpaired) electrons. The van der Waals surface area contributed by atoms with Gasteiger partial charge in [0, 0.05) is 18.2 Å². The number of fused-ring (bicyclic) bond motifs is 1. The number of hydrogen-bond donors (Lipinski definition) is 0. The Kier molecular flexibility index (Phi) is 3.60. The molecular weight excluding hydrogens is 367 g/mol. The van der Waals surface area contributed by atoms with E-state index in [1.165, 1.54) is 18.9 Å². The molecule has 6 nitrogen and oxygen atoms in total. The zero-order valence-corrected chi connectivity index (χ0v) is 16.2. The molecule has 0 amide bonds. The number of nitrogens with zero attached hydrogens (tertiary/aromatic N) is 6. The molecular formula is C22H21FN6. The molecule has 146 valence electrons. The number of hydrogen-bond acceptors (Lipinski definition) is 4. The van der Waals surface area contributed by atoms with E-state index >= 15 is 0 Å². The Bertz CT molecular complexity index is 1230. The van der Waals surface area contributed by atoms with Gasteiger partial charge >= 0.3 is 0 Å². The van der Waals surface area contributed by atoms with Crippen molar-refractivity contribution in [2.75, 3.05) is 0 Å². The third kappa shape index (κ3) is 2.84. The van der Waals surface area contributed by atoms with Gasteiger partial charge in [0.15, 0.2) is 11.5 Å². The summed E-state index contributed by atoms with van der Waals surface area (Å²) in [6.07, 6.45) is 8.02. The fourth-order valence-corrected chi connectivity index (χ4v) is 4.20. The van der Waals surface area contributed by atoms with Crippen LogP contribution in [0, 0.1) is 12.7 Å². The summed E-state index contributed by atoms with van der Waals surface area (Å²) < 4.78 is 18.7. The molecule has 2 aliphatic rings. The van der Waals surface area contributed by atoms with Gasteiger partial charge in [0.2, 0.25) is 0 Å². The van der Waals surface area contributed by atoms with E-state index in [-0.39, 0.29) is 5.82 Å². The largest absolute Gasteiger partial charge is 0.328 e. The Morgan fingerprint density at radius 1 is 1.03 bits per heavy atom. The molecule has 2 saturated carbocycles. The second-order valence-corrected chi connectivity index (χ2v) is 8.12. The molecule has 0 atom stereocenters. The summed E-state index contributed by atoms with van der Waals surface area (Å²) in [5, 5.41) is 0. The van der Waals surface area contributed by atoms with Crippen LogP contribution in [-0.4, -0.2) is 29.1 Å². The summed E-state index contributed by atoms with van der Waals surface area (Å²) in [4.78, 5) is 18.4. The van der Waals surface area contributed by atoms with Gasteiger partial charge in [0.05, 0.1) is 24.3 Å². The third-order valence-electron chi connectivity index (χ3n) is 5.84. The predicted molar refractivity (Wildman–Crippen MR) is 107 cm³/mol. The van der Waals surface area contributed by atoms with Crippen molar-refractivity contribution in [3.8, 4) is 11.4 Å². The van der Waals surface area contributed by atoms with Crippen molar-refractivity contribution in [1.29, 1.82) is 0 Å². The fourth-order valence-electron chi connectivity index (χ4n) is 4.20. The number of pyridine rings is 2. The molecule has 4 heterocycles. The van der Waals surface area contributed by atoms with Crippen LogP contribution in [-0.2, 0) is 6.54 Å². The maximum absolute atomic E-state index is 14.3. The molecule has 0 N–H and O–H groups in total. The van der Waals surface area contributed by atoms with Gasteiger partial charge in [-0.1, -0.05) is 0 Å². The molecule has 0 unspecified atom stereocenters. The van der Waals surface area contributed by atoms with Crippen LogP contribution in [0.3, 0.4) is 0 Å². The van der Waals surface area contributed by atoms with Crippen LogP contribution in [0.5, 0.6) is 0 Å². The number of imidazole rings is 2. The van der Waals surface area contributed by atoms with E-state index in [0.717, 1.165) is 41.2 Å². The van der Waals surface area contributed by atoms with Crippen molar-refractivity contribution in [3.63, 3.8) is 0 Å². The Labute approximate surface area is 167 Å². The lowest BCUT2D eigenvalue weighted by Crippen LogP contribution is -2.06. The molecule has 6 rings (SSSR count). The molecule has 4 aromatic rings. The summed E-state index contributed by atoms with van der Waals surface area (Å²) in [6, 6.07) is 7.67. The predicted octanol–water partition coefficient (Wildman–Crippen LogP) is 4.40. The van der Waals surface area contributed by atoms with Crippen LogP contribution >= 0.6 is 0 Å². The summed E-state index contributed by atoms with van der Waals surface area (Å²) in [7, 11) is 0. The number of rotatable bonds is 5. The lowest BCUT2D eigenvalue weighted by Gasteiger charge is -2.10. The van der Waals surface area contributed by atoms with Gasteiger partial charge in [-0.2, -0.15) is 0 Å². The lowest BCUT2D eigenvalue weighted by atomic mass is 10.1. The minimum atomic E-state index is -0.331. The van der Waals surface area contributed by atoms with Gasteiger partial charge in [-0.15, -0.1) is 0 Å². The van der Waals surface area contributed by atoms with E-state index in [4.69, 9.17) is 4.98 Å². The van der Waals surface area contributed by atoms with Crippen molar-refractivity contribution < 1.29 is 4.39 Å². The number of aryl methyl sites for hydroxylation is 1. The van der Waals surface area contributed by atoms with Crippen LogP contribution in [0.25, 0.3) is 22.6 Å². The Hall–Kier alpha value is -3.09. The van der Waals surface area contributed by atoms with Gasteiger partial charge < -0.3 is 9.13 Å². The summed E-state index contributed by atoms with van der Waals surface area (Å²) in [6.45, 7) is 2.66. The highest BCUT2D eigenvalue weighted by molar-refractivity contribution is 5.72. The zero-order chi connectivity index (χ0) is 19.5. The normalized spacial score (nSPS) is 16.6. The first-order valence-electron chi connectivity index (χ1n) is 10.2. The molecule has 0 bridgehead atoms. The van der Waals surface area contributed by atoms with Crippen molar-refractivity contribution in [3.05, 3.63) is 59.8 Å². The second kappa shape index (κ2) is 6.20. The summed E-state index contributed by atoms with van der Waals surface area (Å²) in [5.41, 5.74) is 4.93. The third-order valence-corrected chi connectivity index (χ3v) is 5.84. The molecule has 4 aromatic heterocycles. The topological polar surface area (TPSA) is 61.4 Å². The maximum Gasteiger partial charge on any atom is 0.160 e. The fraction of sp³-hybridized carbons (Fsp3) is 0.364. The van der Waals surface area contributed by atoms with Crippen molar-refractivity contribution in [2.24, 2.45) is 0 Å². The second-order valence-electron chi connectivity index (χ2n) is 8.12. The van der Waals surface area contributed by atoms with Crippen LogP contribution in [0.1, 0.15) is 54.9 Å². The molecule has 2 fully saturated rings. The molecule has 0 aromatic carbocycles. The van der Waals surface area contributed by atoms with E-state index in [1.807, 2.05) is 6.07 Å². The van der Waals surface area contributed by atoms with Crippen molar-refractivity contribution in [1.82, 2.24) is 29.1 Å². The minimum Gasteiger partial charge on any atom is -0.328 e. The van der Waals surface area contributed by atoms with Crippen LogP contribution < -0.4 is 0 Å². The van der Waals surface area contributed by atoms with Gasteiger partial charge in [0.1, 0.15) is 22.7 Å². The van der Waals surface area contributed by atoms with Crippen LogP contribution in [0.15, 0.2) is 36.8 Å². The monoisotopic (exact) mass is 388 g/mol. The van der Waals surface area contributed by atoms with Crippen LogP contribution in [0.2, 0.25) is 0 Å². The Morgan fingerprint density at radius 2 is 1.90 bits per heavy atom. The Balaban J connectivity index is 1.41. The summed E-state index contributed by atoms with van der Waals surface area (Å²) in [5.74, 6) is 1.11. The highest BCUT2D eigenvalue weighted by atomic mass is 19.1. The quantitative estimate of drug-likeness (QED) is 0.508. The van der Waals surface area contributed by atoms with E-state index in [9.17, 15) is 4.39 Å². The van der Waals surface area contributed by atoms with E-state index in [0.29, 0.717) is 29.9 Å². The minimum absolute atomic E-state index is 0.331. The summed E-state index contributed by atoms with van der Waals surface area (Å²) >= 11 is 0. The molecule has 29 heavy (non-hydrogen) atoms. The molecule has 7 heteroatoms. The molecule has 0 aliphatic heterocycles. The van der Waals surface area contributed by atoms with Gasteiger partial charge in [-0.05, 0) is 56.9 Å². The van der Waals surface area contributed by atoms with Crippen molar-refractivity contribution >= 4 is 11.2 Å². The first-order valence-corrected chi connectivity index (χ1v) is 10.2. The number of halogens is 1. The molecule has 0 spiro atoms. The highest BCUT2D eigenvalue weighted by Gasteiger charge is 2.32. The van der Waals surface area contributed by atoms with Crippen LogP contribution in [0.4, 0.5) is 4.39 Å². The molecule has 0 saturated heterocycles. The Morgan fingerprint density at radius 3 is 2.66 bits per heavy atom. The van der Waals surface area contributed by atoms with Gasteiger partial charge in [-0.3, -0.25) is 4.98 Å². The van der Waals surface area contributed by atoms with E-state index in [2.05, 4.69) is 37.1 Å². The standard InChI is InChI=1S/C22H21FN6/c1-13-26-18-9-6-15(27-22(18)29(13)16-7-8-16)11-28-12-25-20(21(28)14-4-5-14)19-17(23)3-2-10-24-19/h2-3,6,9-10,12,14,16H,4-5,7-8,11H2,1H3.